The van der Waals surface area contributed by atoms with Crippen LogP contribution in [0.5, 0.6) is 0 Å². The molecule has 1 N–H and O–H groups in total. The van der Waals surface area contributed by atoms with Gasteiger partial charge in [-0.1, -0.05) is 0 Å². The fourth-order valence-electron chi connectivity index (χ4n) is 3.34. The molecule has 140 valence electrons. The summed E-state index contributed by atoms with van der Waals surface area (Å²) in [6.45, 7) is 1.67. The van der Waals surface area contributed by atoms with Gasteiger partial charge in [0, 0.05) is 19.6 Å². The van der Waals surface area contributed by atoms with E-state index in [0.717, 1.165) is 12.8 Å². The van der Waals surface area contributed by atoms with E-state index in [0.29, 0.717) is 25.4 Å². The van der Waals surface area contributed by atoms with Crippen LogP contribution in [-0.4, -0.2) is 55.3 Å². The van der Waals surface area contributed by atoms with E-state index < -0.39 is 0 Å². The lowest BCUT2D eigenvalue weighted by molar-refractivity contribution is -0.126. The Labute approximate surface area is 157 Å². The zero-order valence-electron chi connectivity index (χ0n) is 15.2. The number of likely N-dealkylation sites (N-methyl/N-ethyl adjacent to an activating group) is 1. The predicted molar refractivity (Wildman–Crippen MR) is 101 cm³/mol. The Morgan fingerprint density at radius 1 is 1.42 bits per heavy atom. The molecule has 6 nitrogen and oxygen atoms in total. The lowest BCUT2D eigenvalue weighted by Crippen LogP contribution is -2.46. The summed E-state index contributed by atoms with van der Waals surface area (Å²) in [4.78, 5) is 28.9. The van der Waals surface area contributed by atoms with E-state index in [1.165, 1.54) is 11.8 Å². The molecular formula is C19H25N3O3S. The van der Waals surface area contributed by atoms with Gasteiger partial charge in [-0.15, -0.1) is 0 Å². The zero-order chi connectivity index (χ0) is 18.5. The van der Waals surface area contributed by atoms with Crippen LogP contribution in [0.4, 0.5) is 0 Å². The second-order valence-electron chi connectivity index (χ2n) is 6.85. The Morgan fingerprint density at radius 2 is 2.27 bits per heavy atom. The molecule has 0 aromatic carbocycles. The molecule has 2 aromatic heterocycles. The van der Waals surface area contributed by atoms with Crippen LogP contribution in [-0.2, 0) is 4.79 Å². The van der Waals surface area contributed by atoms with E-state index in [2.05, 4.69) is 21.7 Å². The third-order valence-electron chi connectivity index (χ3n) is 4.83. The van der Waals surface area contributed by atoms with Crippen molar-refractivity contribution in [2.75, 3.05) is 33.7 Å². The standard InChI is InChI=1S/C19H25N3O3S/c1-21(2)16(15-7-10-26-13-15)11-20-18(23)14-5-3-8-22(12-14)19(24)17-6-4-9-25-17/h4,6-7,9-10,13-14,16H,3,5,8,11-12H2,1-2H3,(H,20,23)/t14-,16-/m0/s1. The lowest BCUT2D eigenvalue weighted by atomic mass is 9.96. The van der Waals surface area contributed by atoms with Gasteiger partial charge in [-0.25, -0.2) is 0 Å². The number of furan rings is 1. The first kappa shape index (κ1) is 18.7. The molecule has 1 aliphatic rings. The minimum Gasteiger partial charge on any atom is -0.459 e. The van der Waals surface area contributed by atoms with Gasteiger partial charge in [0.25, 0.3) is 5.91 Å². The maximum atomic E-state index is 12.7. The molecule has 0 bridgehead atoms. The van der Waals surface area contributed by atoms with Crippen molar-refractivity contribution in [2.45, 2.75) is 18.9 Å². The van der Waals surface area contributed by atoms with Crippen LogP contribution >= 0.6 is 11.3 Å². The second-order valence-corrected chi connectivity index (χ2v) is 7.63. The Balaban J connectivity index is 1.56. The highest BCUT2D eigenvalue weighted by Gasteiger charge is 2.30. The summed E-state index contributed by atoms with van der Waals surface area (Å²) in [6.07, 6.45) is 3.12. The number of thiophene rings is 1. The number of hydrogen-bond acceptors (Lipinski definition) is 5. The van der Waals surface area contributed by atoms with Crippen molar-refractivity contribution in [1.29, 1.82) is 0 Å². The molecule has 1 aliphatic heterocycles. The van der Waals surface area contributed by atoms with Crippen LogP contribution in [0, 0.1) is 5.92 Å². The first-order valence-corrected chi connectivity index (χ1v) is 9.79. The highest BCUT2D eigenvalue weighted by molar-refractivity contribution is 7.07. The first-order chi connectivity index (χ1) is 12.6. The summed E-state index contributed by atoms with van der Waals surface area (Å²) in [5, 5.41) is 7.24. The van der Waals surface area contributed by atoms with Crippen molar-refractivity contribution < 1.29 is 14.0 Å². The molecule has 3 heterocycles. The van der Waals surface area contributed by atoms with Crippen molar-refractivity contribution in [3.8, 4) is 0 Å². The highest BCUT2D eigenvalue weighted by atomic mass is 32.1. The fraction of sp³-hybridized carbons (Fsp3) is 0.474. The van der Waals surface area contributed by atoms with Crippen molar-refractivity contribution in [2.24, 2.45) is 5.92 Å². The zero-order valence-corrected chi connectivity index (χ0v) is 16.0. The molecule has 2 amide bonds. The third-order valence-corrected chi connectivity index (χ3v) is 5.53. The van der Waals surface area contributed by atoms with Gasteiger partial charge in [0.1, 0.15) is 0 Å². The summed E-state index contributed by atoms with van der Waals surface area (Å²) in [7, 11) is 4.03. The molecule has 0 unspecified atom stereocenters. The van der Waals surface area contributed by atoms with Gasteiger partial charge in [0.2, 0.25) is 5.91 Å². The van der Waals surface area contributed by atoms with Crippen LogP contribution < -0.4 is 5.32 Å². The molecule has 0 radical (unpaired) electrons. The van der Waals surface area contributed by atoms with Gasteiger partial charge in [0.15, 0.2) is 5.76 Å². The lowest BCUT2D eigenvalue weighted by Gasteiger charge is -2.32. The Kier molecular flexibility index (Phi) is 6.11. The minimum atomic E-state index is -0.173. The molecule has 0 spiro atoms. The number of carbonyl (C=O) groups is 2. The number of piperidine rings is 1. The molecule has 0 aliphatic carbocycles. The Hall–Kier alpha value is -2.12. The van der Waals surface area contributed by atoms with E-state index in [1.807, 2.05) is 19.5 Å². The molecule has 0 saturated carbocycles. The molecule has 1 fully saturated rings. The number of nitrogens with zero attached hydrogens (tertiary/aromatic N) is 2. The van der Waals surface area contributed by atoms with Gasteiger partial charge in [-0.05, 0) is 61.5 Å². The molecule has 3 rings (SSSR count). The molecule has 2 atom stereocenters. The molecular weight excluding hydrogens is 350 g/mol. The van der Waals surface area contributed by atoms with E-state index in [1.54, 1.807) is 28.4 Å². The maximum Gasteiger partial charge on any atom is 0.289 e. The SMILES string of the molecule is CN(C)[C@@H](CNC(=O)[C@H]1CCCN(C(=O)c2ccco2)C1)c1ccsc1. The predicted octanol–water partition coefficient (Wildman–Crippen LogP) is 2.61. The summed E-state index contributed by atoms with van der Waals surface area (Å²) < 4.78 is 5.19. The van der Waals surface area contributed by atoms with Crippen LogP contribution in [0.3, 0.4) is 0 Å². The van der Waals surface area contributed by atoms with Crippen LogP contribution in [0.2, 0.25) is 0 Å². The van der Waals surface area contributed by atoms with Gasteiger partial charge in [0.05, 0.1) is 18.2 Å². The smallest absolute Gasteiger partial charge is 0.289 e. The van der Waals surface area contributed by atoms with Gasteiger partial charge < -0.3 is 19.5 Å². The largest absolute Gasteiger partial charge is 0.459 e. The van der Waals surface area contributed by atoms with Crippen molar-refractivity contribution >= 4 is 23.2 Å². The van der Waals surface area contributed by atoms with Crippen LogP contribution in [0.15, 0.2) is 39.6 Å². The Morgan fingerprint density at radius 3 is 2.92 bits per heavy atom. The van der Waals surface area contributed by atoms with E-state index >= 15 is 0 Å². The molecule has 2 aromatic rings. The van der Waals surface area contributed by atoms with Gasteiger partial charge in [-0.2, -0.15) is 11.3 Å². The van der Waals surface area contributed by atoms with Gasteiger partial charge >= 0.3 is 0 Å². The quantitative estimate of drug-likeness (QED) is 0.843. The summed E-state index contributed by atoms with van der Waals surface area (Å²) in [5.41, 5.74) is 1.21. The molecule has 1 saturated heterocycles. The van der Waals surface area contributed by atoms with Crippen LogP contribution in [0.25, 0.3) is 0 Å². The number of nitrogens with one attached hydrogen (secondary N) is 1. The minimum absolute atomic E-state index is 0.0176. The van der Waals surface area contributed by atoms with E-state index in [9.17, 15) is 9.59 Å². The van der Waals surface area contributed by atoms with Crippen LogP contribution in [0.1, 0.15) is 35.0 Å². The Bertz CT molecular complexity index is 712. The average Bonchev–Trinajstić information content (AvgIpc) is 3.35. The number of rotatable bonds is 6. The second kappa shape index (κ2) is 8.51. The van der Waals surface area contributed by atoms with Gasteiger partial charge in [-0.3, -0.25) is 9.59 Å². The number of hydrogen-bond donors (Lipinski definition) is 1. The van der Waals surface area contributed by atoms with E-state index in [-0.39, 0.29) is 23.8 Å². The van der Waals surface area contributed by atoms with Crippen molar-refractivity contribution in [3.05, 3.63) is 46.5 Å². The highest BCUT2D eigenvalue weighted by Crippen LogP contribution is 2.22. The number of likely N-dealkylation sites (tertiary alicyclic amines) is 1. The summed E-state index contributed by atoms with van der Waals surface area (Å²) in [5.74, 6) is 0.0325. The average molecular weight is 375 g/mol. The molecule has 26 heavy (non-hydrogen) atoms. The third kappa shape index (κ3) is 4.34. The first-order valence-electron chi connectivity index (χ1n) is 8.85. The topological polar surface area (TPSA) is 65.8 Å². The van der Waals surface area contributed by atoms with Crippen molar-refractivity contribution in [1.82, 2.24) is 15.1 Å². The summed E-state index contributed by atoms with van der Waals surface area (Å²) >= 11 is 1.66. The fourth-order valence-corrected chi connectivity index (χ4v) is 4.04. The normalized spacial score (nSPS) is 18.7. The van der Waals surface area contributed by atoms with Crippen molar-refractivity contribution in [3.63, 3.8) is 0 Å². The summed E-state index contributed by atoms with van der Waals surface area (Å²) in [6, 6.07) is 5.60. The monoisotopic (exact) mass is 375 g/mol. The maximum absolute atomic E-state index is 12.7. The number of amides is 2. The van der Waals surface area contributed by atoms with E-state index in [4.69, 9.17) is 4.42 Å². The molecule has 7 heteroatoms. The number of carbonyl (C=O) groups excluding carboxylic acids is 2.